The number of halogens is 1. The summed E-state index contributed by atoms with van der Waals surface area (Å²) in [5, 5.41) is 10.6. The van der Waals surface area contributed by atoms with E-state index in [2.05, 4.69) is 27.9 Å². The highest BCUT2D eigenvalue weighted by atomic mass is 35.5. The first-order chi connectivity index (χ1) is 8.25. The normalized spacial score (nSPS) is 10.9. The quantitative estimate of drug-likeness (QED) is 0.818. The Kier molecular flexibility index (Phi) is 4.59. The van der Waals surface area contributed by atoms with Crippen molar-refractivity contribution in [3.8, 4) is 0 Å². The van der Waals surface area contributed by atoms with Gasteiger partial charge in [-0.15, -0.1) is 11.3 Å². The Balaban J connectivity index is 1.63. The lowest BCUT2D eigenvalue weighted by Gasteiger charge is -2.03. The van der Waals surface area contributed by atoms with Gasteiger partial charge in [-0.05, 0) is 24.8 Å². The van der Waals surface area contributed by atoms with Crippen LogP contribution in [0.4, 0.5) is 0 Å². The van der Waals surface area contributed by atoms with E-state index in [1.807, 2.05) is 29.1 Å². The summed E-state index contributed by atoms with van der Waals surface area (Å²) in [6.07, 6.45) is 2.97. The minimum atomic E-state index is 0.739. The molecule has 0 unspecified atom stereocenters. The van der Waals surface area contributed by atoms with Gasteiger partial charge in [0.2, 0.25) is 0 Å². The number of nitrogens with zero attached hydrogens (tertiary/aromatic N) is 2. The van der Waals surface area contributed by atoms with Crippen LogP contribution in [0, 0.1) is 6.92 Å². The van der Waals surface area contributed by atoms with Crippen LogP contribution in [0.3, 0.4) is 0 Å². The van der Waals surface area contributed by atoms with Crippen molar-refractivity contribution in [3.05, 3.63) is 39.3 Å². The molecule has 1 N–H and O–H groups in total. The van der Waals surface area contributed by atoms with Crippen LogP contribution in [-0.4, -0.2) is 22.9 Å². The Labute approximate surface area is 110 Å². The SMILES string of the molecule is Cc1nn(CCNCCc2cccs2)cc1Cl. The maximum absolute atomic E-state index is 5.93. The van der Waals surface area contributed by atoms with E-state index >= 15 is 0 Å². The molecule has 0 aromatic carbocycles. The van der Waals surface area contributed by atoms with Crippen molar-refractivity contribution in [2.45, 2.75) is 19.9 Å². The fourth-order valence-corrected chi connectivity index (χ4v) is 2.45. The van der Waals surface area contributed by atoms with Crippen molar-refractivity contribution in [1.29, 1.82) is 0 Å². The van der Waals surface area contributed by atoms with Crippen LogP contribution in [0.25, 0.3) is 0 Å². The first kappa shape index (κ1) is 12.6. The molecule has 92 valence electrons. The van der Waals surface area contributed by atoms with E-state index in [9.17, 15) is 0 Å². The van der Waals surface area contributed by atoms with Crippen LogP contribution in [0.1, 0.15) is 10.6 Å². The monoisotopic (exact) mass is 269 g/mol. The average molecular weight is 270 g/mol. The van der Waals surface area contributed by atoms with Gasteiger partial charge in [0.1, 0.15) is 0 Å². The molecule has 5 heteroatoms. The van der Waals surface area contributed by atoms with E-state index in [0.29, 0.717) is 0 Å². The van der Waals surface area contributed by atoms with Crippen molar-refractivity contribution < 1.29 is 0 Å². The largest absolute Gasteiger partial charge is 0.315 e. The summed E-state index contributed by atoms with van der Waals surface area (Å²) in [6.45, 7) is 4.71. The van der Waals surface area contributed by atoms with E-state index in [-0.39, 0.29) is 0 Å². The van der Waals surface area contributed by atoms with Gasteiger partial charge in [-0.1, -0.05) is 17.7 Å². The third-order valence-corrected chi connectivity index (χ3v) is 3.84. The molecule has 0 bridgehead atoms. The van der Waals surface area contributed by atoms with Gasteiger partial charge >= 0.3 is 0 Å². The fourth-order valence-electron chi connectivity index (χ4n) is 1.59. The lowest BCUT2D eigenvalue weighted by molar-refractivity contribution is 0.554. The summed E-state index contributed by atoms with van der Waals surface area (Å²) >= 11 is 7.74. The summed E-state index contributed by atoms with van der Waals surface area (Å²) < 4.78 is 1.88. The van der Waals surface area contributed by atoms with Crippen molar-refractivity contribution in [1.82, 2.24) is 15.1 Å². The van der Waals surface area contributed by atoms with Gasteiger partial charge in [0.25, 0.3) is 0 Å². The molecule has 2 heterocycles. The topological polar surface area (TPSA) is 29.9 Å². The first-order valence-corrected chi connectivity index (χ1v) is 6.94. The predicted molar refractivity (Wildman–Crippen MR) is 72.9 cm³/mol. The number of aromatic nitrogens is 2. The molecular weight excluding hydrogens is 254 g/mol. The molecule has 0 aliphatic rings. The van der Waals surface area contributed by atoms with Crippen molar-refractivity contribution in [2.75, 3.05) is 13.1 Å². The number of thiophene rings is 1. The standard InChI is InChI=1S/C12H16ClN3S/c1-10-12(13)9-16(15-10)7-6-14-5-4-11-3-2-8-17-11/h2-3,8-9,14H,4-7H2,1H3. The van der Waals surface area contributed by atoms with Gasteiger partial charge in [-0.25, -0.2) is 0 Å². The lowest BCUT2D eigenvalue weighted by atomic mass is 10.3. The van der Waals surface area contributed by atoms with E-state index in [0.717, 1.165) is 36.8 Å². The fraction of sp³-hybridized carbons (Fsp3) is 0.417. The molecule has 2 aromatic heterocycles. The maximum atomic E-state index is 5.93. The average Bonchev–Trinajstić information content (AvgIpc) is 2.90. The minimum Gasteiger partial charge on any atom is -0.315 e. The second kappa shape index (κ2) is 6.19. The molecule has 17 heavy (non-hydrogen) atoms. The van der Waals surface area contributed by atoms with Gasteiger partial charge in [-0.3, -0.25) is 4.68 Å². The van der Waals surface area contributed by atoms with Gasteiger partial charge in [-0.2, -0.15) is 5.10 Å². The maximum Gasteiger partial charge on any atom is 0.0814 e. The van der Waals surface area contributed by atoms with Crippen LogP contribution in [0.15, 0.2) is 23.7 Å². The molecule has 0 saturated heterocycles. The number of aryl methyl sites for hydroxylation is 1. The Morgan fingerprint density at radius 3 is 3.00 bits per heavy atom. The molecule has 0 radical (unpaired) electrons. The number of rotatable bonds is 6. The smallest absolute Gasteiger partial charge is 0.0814 e. The van der Waals surface area contributed by atoms with E-state index in [1.165, 1.54) is 4.88 Å². The first-order valence-electron chi connectivity index (χ1n) is 5.68. The van der Waals surface area contributed by atoms with Crippen LogP contribution in [-0.2, 0) is 13.0 Å². The molecule has 0 spiro atoms. The van der Waals surface area contributed by atoms with E-state index in [1.54, 1.807) is 0 Å². The molecule has 0 amide bonds. The second-order valence-electron chi connectivity index (χ2n) is 3.90. The van der Waals surface area contributed by atoms with E-state index in [4.69, 9.17) is 11.6 Å². The predicted octanol–water partition coefficient (Wildman–Crippen LogP) is 2.74. The molecule has 3 nitrogen and oxygen atoms in total. The van der Waals surface area contributed by atoms with Crippen LogP contribution in [0.5, 0.6) is 0 Å². The highest BCUT2D eigenvalue weighted by molar-refractivity contribution is 7.09. The zero-order valence-electron chi connectivity index (χ0n) is 9.82. The zero-order chi connectivity index (χ0) is 12.1. The molecule has 0 aliphatic heterocycles. The third kappa shape index (κ3) is 3.84. The minimum absolute atomic E-state index is 0.739. The van der Waals surface area contributed by atoms with Crippen LogP contribution in [0.2, 0.25) is 5.02 Å². The summed E-state index contributed by atoms with van der Waals surface area (Å²) in [7, 11) is 0. The van der Waals surface area contributed by atoms with Gasteiger partial charge < -0.3 is 5.32 Å². The highest BCUT2D eigenvalue weighted by Gasteiger charge is 2.00. The molecule has 0 saturated carbocycles. The summed E-state index contributed by atoms with van der Waals surface area (Å²) in [5.41, 5.74) is 0.894. The Morgan fingerprint density at radius 1 is 1.47 bits per heavy atom. The molecule has 2 rings (SSSR count). The Morgan fingerprint density at radius 2 is 2.35 bits per heavy atom. The summed E-state index contributed by atoms with van der Waals surface area (Å²) in [4.78, 5) is 1.43. The molecule has 0 aliphatic carbocycles. The number of hydrogen-bond donors (Lipinski definition) is 1. The molecular formula is C12H16ClN3S. The van der Waals surface area contributed by atoms with Crippen LogP contribution >= 0.6 is 22.9 Å². The number of hydrogen-bond acceptors (Lipinski definition) is 3. The zero-order valence-corrected chi connectivity index (χ0v) is 11.4. The Hall–Kier alpha value is -0.840. The highest BCUT2D eigenvalue weighted by Crippen LogP contribution is 2.11. The molecule has 0 atom stereocenters. The molecule has 0 fully saturated rings. The summed E-state index contributed by atoms with van der Waals surface area (Å²) in [6, 6.07) is 4.26. The van der Waals surface area contributed by atoms with Crippen LogP contribution < -0.4 is 5.32 Å². The second-order valence-corrected chi connectivity index (χ2v) is 5.34. The molecule has 2 aromatic rings. The third-order valence-electron chi connectivity index (χ3n) is 2.53. The van der Waals surface area contributed by atoms with Gasteiger partial charge in [0.05, 0.1) is 17.3 Å². The number of nitrogens with one attached hydrogen (secondary N) is 1. The van der Waals surface area contributed by atoms with Gasteiger partial charge in [0.15, 0.2) is 0 Å². The lowest BCUT2D eigenvalue weighted by Crippen LogP contribution is -2.22. The summed E-state index contributed by atoms with van der Waals surface area (Å²) in [5.74, 6) is 0. The Bertz CT molecular complexity index is 431. The van der Waals surface area contributed by atoms with E-state index < -0.39 is 0 Å². The van der Waals surface area contributed by atoms with Crippen molar-refractivity contribution in [2.24, 2.45) is 0 Å². The van der Waals surface area contributed by atoms with Crippen molar-refractivity contribution in [3.63, 3.8) is 0 Å². The van der Waals surface area contributed by atoms with Crippen molar-refractivity contribution >= 4 is 22.9 Å². The van der Waals surface area contributed by atoms with Gasteiger partial charge in [0, 0.05) is 24.2 Å².